The third-order valence-electron chi connectivity index (χ3n) is 3.98. The second kappa shape index (κ2) is 7.59. The van der Waals surface area contributed by atoms with Gasteiger partial charge in [0.05, 0.1) is 22.3 Å². The number of likely N-dealkylation sites (N-methyl/N-ethyl adjacent to an activating group) is 1. The van der Waals surface area contributed by atoms with Crippen LogP contribution in [0.5, 0.6) is 0 Å². The lowest BCUT2D eigenvalue weighted by Gasteiger charge is -2.28. The van der Waals surface area contributed by atoms with E-state index in [-0.39, 0.29) is 30.7 Å². The molecule has 0 atom stereocenters. The van der Waals surface area contributed by atoms with Gasteiger partial charge in [-0.1, -0.05) is 25.0 Å². The molecule has 0 unspecified atom stereocenters. The zero-order valence-corrected chi connectivity index (χ0v) is 14.9. The zero-order chi connectivity index (χ0) is 14.2. The lowest BCUT2D eigenvalue weighted by Crippen LogP contribution is -2.52. The van der Waals surface area contributed by atoms with Crippen LogP contribution >= 0.6 is 36.2 Å². The SMILES string of the molecule is CN(Cc1nc2ccccc2s1)C(=O)C1(N)CCCC1.Cl.Cl. The molecule has 0 radical (unpaired) electrons. The van der Waals surface area contributed by atoms with Crippen LogP contribution in [-0.4, -0.2) is 28.4 Å². The van der Waals surface area contributed by atoms with Crippen LogP contribution in [0.3, 0.4) is 0 Å². The summed E-state index contributed by atoms with van der Waals surface area (Å²) in [5.74, 6) is 0.0502. The summed E-state index contributed by atoms with van der Waals surface area (Å²) in [4.78, 5) is 18.8. The molecule has 1 amide bonds. The fourth-order valence-corrected chi connectivity index (χ4v) is 3.88. The van der Waals surface area contributed by atoms with Gasteiger partial charge in [0.2, 0.25) is 5.91 Å². The van der Waals surface area contributed by atoms with Gasteiger partial charge in [-0.2, -0.15) is 0 Å². The van der Waals surface area contributed by atoms with E-state index < -0.39 is 5.54 Å². The number of thiazole rings is 1. The molecule has 1 aromatic carbocycles. The van der Waals surface area contributed by atoms with Crippen molar-refractivity contribution in [2.75, 3.05) is 7.05 Å². The van der Waals surface area contributed by atoms with Gasteiger partial charge < -0.3 is 10.6 Å². The van der Waals surface area contributed by atoms with Gasteiger partial charge in [0.15, 0.2) is 0 Å². The Kier molecular flexibility index (Phi) is 6.62. The van der Waals surface area contributed by atoms with Gasteiger partial charge in [0.25, 0.3) is 0 Å². The molecule has 1 fully saturated rings. The molecule has 1 saturated carbocycles. The van der Waals surface area contributed by atoms with Gasteiger partial charge in [0, 0.05) is 7.05 Å². The van der Waals surface area contributed by atoms with Gasteiger partial charge in [-0.3, -0.25) is 4.79 Å². The van der Waals surface area contributed by atoms with Crippen molar-refractivity contribution in [1.29, 1.82) is 0 Å². The van der Waals surface area contributed by atoms with Crippen molar-refractivity contribution in [1.82, 2.24) is 9.88 Å². The van der Waals surface area contributed by atoms with Crippen LogP contribution in [0.15, 0.2) is 24.3 Å². The average Bonchev–Trinajstić information content (AvgIpc) is 3.04. The highest BCUT2D eigenvalue weighted by atomic mass is 35.5. The number of hydrogen-bond acceptors (Lipinski definition) is 4. The van der Waals surface area contributed by atoms with Crippen molar-refractivity contribution in [2.45, 2.75) is 37.8 Å². The van der Waals surface area contributed by atoms with Crippen LogP contribution in [-0.2, 0) is 11.3 Å². The molecule has 0 bridgehead atoms. The molecule has 0 aliphatic heterocycles. The Morgan fingerprint density at radius 1 is 1.32 bits per heavy atom. The minimum Gasteiger partial charge on any atom is -0.337 e. The number of benzene rings is 1. The second-order valence-corrected chi connectivity index (χ2v) is 6.71. The van der Waals surface area contributed by atoms with Gasteiger partial charge in [0.1, 0.15) is 5.01 Å². The van der Waals surface area contributed by atoms with Crippen molar-refractivity contribution in [3.8, 4) is 0 Å². The molecule has 1 aromatic heterocycles. The van der Waals surface area contributed by atoms with Gasteiger partial charge in [-0.05, 0) is 25.0 Å². The van der Waals surface area contributed by atoms with Crippen molar-refractivity contribution in [3.05, 3.63) is 29.3 Å². The topological polar surface area (TPSA) is 59.2 Å². The van der Waals surface area contributed by atoms with Crippen LogP contribution in [0.25, 0.3) is 10.2 Å². The van der Waals surface area contributed by atoms with Gasteiger partial charge in [-0.25, -0.2) is 4.98 Å². The van der Waals surface area contributed by atoms with E-state index in [0.717, 1.165) is 40.9 Å². The monoisotopic (exact) mass is 361 g/mol. The first-order chi connectivity index (χ1) is 9.58. The van der Waals surface area contributed by atoms with Gasteiger partial charge >= 0.3 is 0 Å². The summed E-state index contributed by atoms with van der Waals surface area (Å²) in [6.07, 6.45) is 3.71. The quantitative estimate of drug-likeness (QED) is 0.911. The number of amides is 1. The van der Waals surface area contributed by atoms with E-state index in [1.165, 1.54) is 0 Å². The molecule has 22 heavy (non-hydrogen) atoms. The normalized spacial score (nSPS) is 15.9. The summed E-state index contributed by atoms with van der Waals surface area (Å²) in [7, 11) is 1.82. The molecule has 1 aliphatic rings. The standard InChI is InChI=1S/C15H19N3OS.2ClH/c1-18(14(19)15(16)8-4-5-9-15)10-13-17-11-6-2-3-7-12(11)20-13;;/h2-3,6-7H,4-5,8-10,16H2,1H3;2*1H. The lowest BCUT2D eigenvalue weighted by molar-refractivity contribution is -0.136. The van der Waals surface area contributed by atoms with E-state index >= 15 is 0 Å². The first kappa shape index (κ1) is 19.2. The summed E-state index contributed by atoms with van der Waals surface area (Å²) in [6.45, 7) is 0.539. The van der Waals surface area contributed by atoms with Crippen molar-refractivity contribution < 1.29 is 4.79 Å². The van der Waals surface area contributed by atoms with Crippen molar-refractivity contribution in [2.24, 2.45) is 5.73 Å². The van der Waals surface area contributed by atoms with Crippen molar-refractivity contribution >= 4 is 52.3 Å². The molecular formula is C15H21Cl2N3OS. The third kappa shape index (κ3) is 3.71. The number of aromatic nitrogens is 1. The van der Waals surface area contributed by atoms with Crippen LogP contribution in [0, 0.1) is 0 Å². The van der Waals surface area contributed by atoms with Crippen LogP contribution in [0.4, 0.5) is 0 Å². The first-order valence-corrected chi connectivity index (χ1v) is 7.79. The Morgan fingerprint density at radius 2 is 1.95 bits per heavy atom. The largest absolute Gasteiger partial charge is 0.337 e. The van der Waals surface area contributed by atoms with E-state index in [1.54, 1.807) is 16.2 Å². The molecule has 7 heteroatoms. The van der Waals surface area contributed by atoms with Gasteiger partial charge in [-0.15, -0.1) is 36.2 Å². The van der Waals surface area contributed by atoms with E-state index in [1.807, 2.05) is 25.2 Å². The Labute approximate surface area is 146 Å². The number of nitrogens with zero attached hydrogens (tertiary/aromatic N) is 2. The maximum Gasteiger partial charge on any atom is 0.242 e. The zero-order valence-electron chi connectivity index (χ0n) is 12.4. The number of hydrogen-bond donors (Lipinski definition) is 1. The molecule has 1 aliphatic carbocycles. The summed E-state index contributed by atoms with van der Waals surface area (Å²) >= 11 is 1.64. The molecule has 122 valence electrons. The maximum atomic E-state index is 12.5. The summed E-state index contributed by atoms with van der Waals surface area (Å²) in [5.41, 5.74) is 6.57. The van der Waals surface area contributed by atoms with Crippen LogP contribution in [0.1, 0.15) is 30.7 Å². The molecule has 4 nitrogen and oxygen atoms in total. The van der Waals surface area contributed by atoms with E-state index in [0.29, 0.717) is 6.54 Å². The smallest absolute Gasteiger partial charge is 0.242 e. The number of halogens is 2. The maximum absolute atomic E-state index is 12.5. The Balaban J connectivity index is 0.00000121. The van der Waals surface area contributed by atoms with E-state index in [9.17, 15) is 4.79 Å². The average molecular weight is 362 g/mol. The summed E-state index contributed by atoms with van der Waals surface area (Å²) in [5, 5.41) is 0.962. The van der Waals surface area contributed by atoms with Crippen LogP contribution in [0.2, 0.25) is 0 Å². The van der Waals surface area contributed by atoms with E-state index in [4.69, 9.17) is 5.73 Å². The number of para-hydroxylation sites is 1. The fourth-order valence-electron chi connectivity index (χ4n) is 2.86. The predicted molar refractivity (Wildman–Crippen MR) is 96.0 cm³/mol. The third-order valence-corrected chi connectivity index (χ3v) is 5.00. The molecular weight excluding hydrogens is 341 g/mol. The lowest BCUT2D eigenvalue weighted by atomic mass is 9.97. The summed E-state index contributed by atoms with van der Waals surface area (Å²) in [6, 6.07) is 8.04. The van der Waals surface area contributed by atoms with Crippen LogP contribution < -0.4 is 5.73 Å². The minimum atomic E-state index is -0.647. The number of carbonyl (C=O) groups is 1. The second-order valence-electron chi connectivity index (χ2n) is 5.60. The Hall–Kier alpha value is -0.880. The molecule has 2 N–H and O–H groups in total. The fraction of sp³-hybridized carbons (Fsp3) is 0.467. The van der Waals surface area contributed by atoms with E-state index in [2.05, 4.69) is 11.1 Å². The molecule has 1 heterocycles. The molecule has 0 spiro atoms. The minimum absolute atomic E-state index is 0. The molecule has 3 rings (SSSR count). The number of rotatable bonds is 3. The molecule has 2 aromatic rings. The number of fused-ring (bicyclic) bond motifs is 1. The highest BCUT2D eigenvalue weighted by molar-refractivity contribution is 7.18. The Bertz CT molecular complexity index is 608. The Morgan fingerprint density at radius 3 is 2.59 bits per heavy atom. The first-order valence-electron chi connectivity index (χ1n) is 6.97. The molecule has 0 saturated heterocycles. The summed E-state index contributed by atoms with van der Waals surface area (Å²) < 4.78 is 1.16. The number of nitrogens with two attached hydrogens (primary N) is 1. The highest BCUT2D eigenvalue weighted by Gasteiger charge is 2.38. The number of carbonyl (C=O) groups excluding carboxylic acids is 1. The van der Waals surface area contributed by atoms with Crippen molar-refractivity contribution in [3.63, 3.8) is 0 Å². The highest BCUT2D eigenvalue weighted by Crippen LogP contribution is 2.29. The predicted octanol–water partition coefficient (Wildman–Crippen LogP) is 3.37.